The van der Waals surface area contributed by atoms with E-state index in [1.807, 2.05) is 0 Å². The summed E-state index contributed by atoms with van der Waals surface area (Å²) in [4.78, 5) is 10.3. The molecule has 1 aromatic rings. The fourth-order valence-corrected chi connectivity index (χ4v) is 1.39. The van der Waals surface area contributed by atoms with E-state index in [-0.39, 0.29) is 18.0 Å². The zero-order chi connectivity index (χ0) is 13.4. The normalized spacial score (nSPS) is 10.1. The Morgan fingerprint density at radius 1 is 1.33 bits per heavy atom. The lowest BCUT2D eigenvalue weighted by molar-refractivity contribution is -0.385. The van der Waals surface area contributed by atoms with Crippen molar-refractivity contribution in [1.82, 2.24) is 0 Å². The average Bonchev–Trinajstić information content (AvgIpc) is 2.38. The van der Waals surface area contributed by atoms with Gasteiger partial charge in [-0.15, -0.1) is 0 Å². The standard InChI is InChI=1S/C11H15NO5S/c1-15-9-2-3-10(12(13)14)11(8-9)17-5-4-16-6-7-18/h2-3,8,18H,4-7H2,1H3. The SMILES string of the molecule is COc1ccc([N+](=O)[O-])c(OCCOCCS)c1. The molecule has 7 heteroatoms. The van der Waals surface area contributed by atoms with Crippen LogP contribution in [0.2, 0.25) is 0 Å². The molecular weight excluding hydrogens is 258 g/mol. The molecule has 1 aromatic carbocycles. The minimum atomic E-state index is -0.497. The molecule has 0 radical (unpaired) electrons. The fraction of sp³-hybridized carbons (Fsp3) is 0.455. The van der Waals surface area contributed by atoms with E-state index in [2.05, 4.69) is 12.6 Å². The Morgan fingerprint density at radius 3 is 2.72 bits per heavy atom. The Labute approximate surface area is 110 Å². The highest BCUT2D eigenvalue weighted by atomic mass is 32.1. The summed E-state index contributed by atoms with van der Waals surface area (Å²) in [7, 11) is 1.49. The molecule has 0 bridgehead atoms. The lowest BCUT2D eigenvalue weighted by Gasteiger charge is -2.08. The van der Waals surface area contributed by atoms with Gasteiger partial charge in [0.15, 0.2) is 0 Å². The van der Waals surface area contributed by atoms with E-state index >= 15 is 0 Å². The number of rotatable bonds is 8. The second kappa shape index (κ2) is 7.78. The molecule has 0 aromatic heterocycles. The Balaban J connectivity index is 2.63. The minimum absolute atomic E-state index is 0.0926. The monoisotopic (exact) mass is 273 g/mol. The summed E-state index contributed by atoms with van der Waals surface area (Å²) in [5.41, 5.74) is -0.0926. The van der Waals surface area contributed by atoms with E-state index < -0.39 is 4.92 Å². The first-order valence-corrected chi connectivity index (χ1v) is 5.96. The van der Waals surface area contributed by atoms with E-state index in [4.69, 9.17) is 14.2 Å². The molecule has 0 saturated carbocycles. The smallest absolute Gasteiger partial charge is 0.311 e. The molecule has 0 atom stereocenters. The number of methoxy groups -OCH3 is 1. The van der Waals surface area contributed by atoms with Gasteiger partial charge in [-0.25, -0.2) is 0 Å². The summed E-state index contributed by atoms with van der Waals surface area (Å²) in [5.74, 6) is 1.31. The van der Waals surface area contributed by atoms with Crippen molar-refractivity contribution < 1.29 is 19.1 Å². The van der Waals surface area contributed by atoms with Crippen molar-refractivity contribution in [3.05, 3.63) is 28.3 Å². The summed E-state index contributed by atoms with van der Waals surface area (Å²) in [6, 6.07) is 4.35. The van der Waals surface area contributed by atoms with Crippen LogP contribution < -0.4 is 9.47 Å². The molecule has 18 heavy (non-hydrogen) atoms. The molecule has 0 N–H and O–H groups in total. The molecule has 1 rings (SSSR count). The molecule has 0 unspecified atom stereocenters. The number of hydrogen-bond donors (Lipinski definition) is 1. The number of nitro groups is 1. The summed E-state index contributed by atoms with van der Waals surface area (Å²) in [6.45, 7) is 1.11. The van der Waals surface area contributed by atoms with Crippen LogP contribution in [0.15, 0.2) is 18.2 Å². The van der Waals surface area contributed by atoms with Gasteiger partial charge in [0.05, 0.1) is 25.2 Å². The molecular formula is C11H15NO5S. The molecule has 6 nitrogen and oxygen atoms in total. The number of nitro benzene ring substituents is 1. The van der Waals surface area contributed by atoms with Gasteiger partial charge in [-0.3, -0.25) is 10.1 Å². The van der Waals surface area contributed by atoms with Crippen molar-refractivity contribution in [1.29, 1.82) is 0 Å². The molecule has 0 fully saturated rings. The van der Waals surface area contributed by atoms with Gasteiger partial charge < -0.3 is 14.2 Å². The predicted molar refractivity (Wildman–Crippen MR) is 69.8 cm³/mol. The summed E-state index contributed by atoms with van der Waals surface area (Å²) in [6.07, 6.45) is 0. The van der Waals surface area contributed by atoms with Crippen LogP contribution in [0.3, 0.4) is 0 Å². The van der Waals surface area contributed by atoms with Crippen LogP contribution in [0.5, 0.6) is 11.5 Å². The third-order valence-electron chi connectivity index (χ3n) is 2.08. The predicted octanol–water partition coefficient (Wildman–Crippen LogP) is 1.93. The average molecular weight is 273 g/mol. The number of hydrogen-bond acceptors (Lipinski definition) is 6. The summed E-state index contributed by atoms with van der Waals surface area (Å²) in [5, 5.41) is 10.8. The minimum Gasteiger partial charge on any atom is -0.497 e. The molecule has 0 aliphatic heterocycles. The molecule has 0 spiro atoms. The van der Waals surface area contributed by atoms with Crippen LogP contribution in [0.4, 0.5) is 5.69 Å². The maximum Gasteiger partial charge on any atom is 0.311 e. The fourth-order valence-electron chi connectivity index (χ4n) is 1.27. The van der Waals surface area contributed by atoms with Gasteiger partial charge in [-0.05, 0) is 6.07 Å². The van der Waals surface area contributed by atoms with E-state index in [0.29, 0.717) is 24.7 Å². The van der Waals surface area contributed by atoms with Crippen LogP contribution in [0, 0.1) is 10.1 Å². The van der Waals surface area contributed by atoms with Gasteiger partial charge >= 0.3 is 5.69 Å². The molecule has 0 heterocycles. The highest BCUT2D eigenvalue weighted by Crippen LogP contribution is 2.30. The van der Waals surface area contributed by atoms with E-state index in [1.165, 1.54) is 25.3 Å². The molecule has 100 valence electrons. The third kappa shape index (κ3) is 4.42. The Morgan fingerprint density at radius 2 is 2.11 bits per heavy atom. The molecule has 0 amide bonds. The van der Waals surface area contributed by atoms with Gasteiger partial charge in [0, 0.05) is 17.9 Å². The van der Waals surface area contributed by atoms with Gasteiger partial charge in [0.1, 0.15) is 12.4 Å². The first-order valence-electron chi connectivity index (χ1n) is 5.33. The third-order valence-corrected chi connectivity index (χ3v) is 2.27. The van der Waals surface area contributed by atoms with Crippen molar-refractivity contribution in [3.8, 4) is 11.5 Å². The van der Waals surface area contributed by atoms with Crippen molar-refractivity contribution >= 4 is 18.3 Å². The van der Waals surface area contributed by atoms with Crippen molar-refractivity contribution in [2.24, 2.45) is 0 Å². The first kappa shape index (κ1) is 14.6. The van der Waals surface area contributed by atoms with Gasteiger partial charge in [-0.2, -0.15) is 12.6 Å². The summed E-state index contributed by atoms with van der Waals surface area (Å²) < 4.78 is 15.5. The van der Waals surface area contributed by atoms with Crippen LogP contribution in [0.1, 0.15) is 0 Å². The highest BCUT2D eigenvalue weighted by Gasteiger charge is 2.15. The Bertz CT molecular complexity index is 399. The van der Waals surface area contributed by atoms with Gasteiger partial charge in [-0.1, -0.05) is 0 Å². The number of thiol groups is 1. The molecule has 0 saturated heterocycles. The van der Waals surface area contributed by atoms with Crippen LogP contribution in [0.25, 0.3) is 0 Å². The zero-order valence-corrected chi connectivity index (χ0v) is 10.9. The zero-order valence-electron chi connectivity index (χ0n) is 10.00. The lowest BCUT2D eigenvalue weighted by Crippen LogP contribution is -2.09. The number of nitrogens with zero attached hydrogens (tertiary/aromatic N) is 1. The first-order chi connectivity index (χ1) is 8.69. The van der Waals surface area contributed by atoms with E-state index in [9.17, 15) is 10.1 Å². The van der Waals surface area contributed by atoms with Crippen molar-refractivity contribution in [2.75, 3.05) is 32.7 Å². The maximum absolute atomic E-state index is 10.8. The van der Waals surface area contributed by atoms with E-state index in [1.54, 1.807) is 0 Å². The van der Waals surface area contributed by atoms with Crippen LogP contribution >= 0.6 is 12.6 Å². The topological polar surface area (TPSA) is 70.8 Å². The Hall–Kier alpha value is -1.47. The van der Waals surface area contributed by atoms with Crippen LogP contribution in [-0.2, 0) is 4.74 Å². The van der Waals surface area contributed by atoms with Gasteiger partial charge in [0.2, 0.25) is 5.75 Å². The number of ether oxygens (including phenoxy) is 3. The quantitative estimate of drug-likeness (QED) is 0.339. The van der Waals surface area contributed by atoms with Gasteiger partial charge in [0.25, 0.3) is 0 Å². The van der Waals surface area contributed by atoms with E-state index in [0.717, 1.165) is 0 Å². The molecule has 0 aliphatic rings. The lowest BCUT2D eigenvalue weighted by atomic mass is 10.3. The highest BCUT2D eigenvalue weighted by molar-refractivity contribution is 7.80. The van der Waals surface area contributed by atoms with Crippen molar-refractivity contribution in [2.45, 2.75) is 0 Å². The maximum atomic E-state index is 10.8. The Kier molecular flexibility index (Phi) is 6.31. The van der Waals surface area contributed by atoms with Crippen LogP contribution in [-0.4, -0.2) is 37.6 Å². The summed E-state index contributed by atoms with van der Waals surface area (Å²) >= 11 is 3.99. The molecule has 0 aliphatic carbocycles. The second-order valence-corrected chi connectivity index (χ2v) is 3.72. The number of benzene rings is 1. The van der Waals surface area contributed by atoms with Crippen molar-refractivity contribution in [3.63, 3.8) is 0 Å². The largest absolute Gasteiger partial charge is 0.497 e. The second-order valence-electron chi connectivity index (χ2n) is 3.28.